The Morgan fingerprint density at radius 3 is 2.65 bits per heavy atom. The molecule has 0 saturated carbocycles. The van der Waals surface area contributed by atoms with Gasteiger partial charge in [-0.15, -0.1) is 0 Å². The molecule has 2 aliphatic rings. The quantitative estimate of drug-likeness (QED) is 0.787. The van der Waals surface area contributed by atoms with Gasteiger partial charge in [0.1, 0.15) is 11.7 Å². The van der Waals surface area contributed by atoms with Gasteiger partial charge in [-0.2, -0.15) is 5.26 Å². The number of nitriles is 1. The van der Waals surface area contributed by atoms with Gasteiger partial charge in [0.15, 0.2) is 5.78 Å². The van der Waals surface area contributed by atoms with Gasteiger partial charge >= 0.3 is 0 Å². The van der Waals surface area contributed by atoms with E-state index in [1.54, 1.807) is 26.0 Å². The fourth-order valence-corrected chi connectivity index (χ4v) is 3.48. The average Bonchev–Trinajstić information content (AvgIpc) is 2.79. The fourth-order valence-electron chi connectivity index (χ4n) is 3.48. The third-order valence-electron chi connectivity index (χ3n) is 4.62. The number of fused-ring (bicyclic) bond motifs is 2. The lowest BCUT2D eigenvalue weighted by Crippen LogP contribution is -2.40. The number of rotatable bonds is 1. The highest BCUT2D eigenvalue weighted by molar-refractivity contribution is 6.04. The average molecular weight is 317 g/mol. The largest absolute Gasteiger partial charge is 0.361 e. The molecule has 1 heterocycles. The number of alkyl halides is 2. The van der Waals surface area contributed by atoms with E-state index in [0.717, 1.165) is 12.5 Å². The number of hydrogen-bond donors (Lipinski definition) is 0. The van der Waals surface area contributed by atoms with Gasteiger partial charge in [0.25, 0.3) is 5.92 Å². The molecular formula is C18H17F2NO2. The van der Waals surface area contributed by atoms with Crippen LogP contribution < -0.4 is 0 Å². The lowest BCUT2D eigenvalue weighted by atomic mass is 9.68. The van der Waals surface area contributed by atoms with Crippen LogP contribution in [-0.4, -0.2) is 5.78 Å². The van der Waals surface area contributed by atoms with Gasteiger partial charge in [-0.25, -0.2) is 8.78 Å². The number of ether oxygens (including phenoxy) is 1. The van der Waals surface area contributed by atoms with Crippen LogP contribution in [0, 0.1) is 16.7 Å². The van der Waals surface area contributed by atoms with Crippen molar-refractivity contribution >= 4 is 5.78 Å². The Hall–Kier alpha value is -2.06. The predicted octanol–water partition coefficient (Wildman–Crippen LogP) is 3.97. The summed E-state index contributed by atoms with van der Waals surface area (Å²) in [4.78, 5) is 12.3. The van der Waals surface area contributed by atoms with E-state index in [0.29, 0.717) is 12.0 Å². The Bertz CT molecular complexity index is 768. The van der Waals surface area contributed by atoms with Crippen LogP contribution in [0.5, 0.6) is 0 Å². The van der Waals surface area contributed by atoms with E-state index in [1.807, 2.05) is 6.07 Å². The van der Waals surface area contributed by atoms with Crippen LogP contribution in [0.3, 0.4) is 0 Å². The minimum absolute atomic E-state index is 0.0625. The first kappa shape index (κ1) is 15.8. The highest BCUT2D eigenvalue weighted by Crippen LogP contribution is 2.50. The third kappa shape index (κ3) is 2.38. The van der Waals surface area contributed by atoms with Crippen molar-refractivity contribution in [3.63, 3.8) is 0 Å². The summed E-state index contributed by atoms with van der Waals surface area (Å²) in [5.74, 6) is -3.13. The summed E-state index contributed by atoms with van der Waals surface area (Å²) < 4.78 is 32.9. The van der Waals surface area contributed by atoms with E-state index in [-0.39, 0.29) is 23.5 Å². The maximum absolute atomic E-state index is 13.5. The third-order valence-corrected chi connectivity index (χ3v) is 4.62. The van der Waals surface area contributed by atoms with Crippen LogP contribution in [0.15, 0.2) is 29.8 Å². The molecule has 0 amide bonds. The van der Waals surface area contributed by atoms with Crippen LogP contribution in [0.2, 0.25) is 0 Å². The number of Topliss-reactive ketones (excluding diaryl/α,β-unsaturated/α-hetero) is 1. The molecule has 5 heteroatoms. The van der Waals surface area contributed by atoms with Gasteiger partial charge in [0.05, 0.1) is 12.2 Å². The molecule has 1 aliphatic carbocycles. The minimum atomic E-state index is -2.92. The number of benzene rings is 1. The maximum atomic E-state index is 13.5. The van der Waals surface area contributed by atoms with Crippen LogP contribution >= 0.6 is 0 Å². The second-order valence-electron chi connectivity index (χ2n) is 7.00. The molecule has 0 aromatic heterocycles. The van der Waals surface area contributed by atoms with Crippen molar-refractivity contribution in [1.29, 1.82) is 5.26 Å². The van der Waals surface area contributed by atoms with Crippen molar-refractivity contribution in [2.24, 2.45) is 5.41 Å². The summed E-state index contributed by atoms with van der Waals surface area (Å²) in [6.07, 6.45) is 1.94. The zero-order valence-corrected chi connectivity index (χ0v) is 13.2. The van der Waals surface area contributed by atoms with E-state index in [9.17, 15) is 18.8 Å². The monoisotopic (exact) mass is 317 g/mol. The van der Waals surface area contributed by atoms with Crippen LogP contribution in [-0.2, 0) is 27.7 Å². The molecule has 0 saturated heterocycles. The highest BCUT2D eigenvalue weighted by Gasteiger charge is 2.50. The van der Waals surface area contributed by atoms with E-state index in [2.05, 4.69) is 0 Å². The molecule has 1 unspecified atom stereocenters. The standard InChI is InChI=1S/C18H17F2NO2/c1-16(2)10-18(7-12(8-21)15(16)22)14-5-4-13(17(3,19)20)6-11(14)9-23-18/h4-7H,9-10H2,1-3H3. The molecule has 0 N–H and O–H groups in total. The number of nitrogens with zero attached hydrogens (tertiary/aromatic N) is 1. The zero-order valence-electron chi connectivity index (χ0n) is 13.2. The van der Waals surface area contributed by atoms with Crippen LogP contribution in [0.25, 0.3) is 0 Å². The summed E-state index contributed by atoms with van der Waals surface area (Å²) in [5.41, 5.74) is -0.179. The first-order chi connectivity index (χ1) is 10.6. The first-order valence-electron chi connectivity index (χ1n) is 7.42. The lowest BCUT2D eigenvalue weighted by Gasteiger charge is -2.38. The van der Waals surface area contributed by atoms with E-state index in [4.69, 9.17) is 4.74 Å². The van der Waals surface area contributed by atoms with Crippen molar-refractivity contribution in [1.82, 2.24) is 0 Å². The molecular weight excluding hydrogens is 300 g/mol. The van der Waals surface area contributed by atoms with E-state index < -0.39 is 16.9 Å². The summed E-state index contributed by atoms with van der Waals surface area (Å²) in [6, 6.07) is 6.41. The zero-order chi connectivity index (χ0) is 17.0. The SMILES string of the molecule is CC1(C)CC2(C=C(C#N)C1=O)OCc1cc(C(C)(F)F)ccc12. The fraction of sp³-hybridized carbons (Fsp3) is 0.444. The van der Waals surface area contributed by atoms with Crippen molar-refractivity contribution in [3.05, 3.63) is 46.5 Å². The molecule has 23 heavy (non-hydrogen) atoms. The summed E-state index contributed by atoms with van der Waals surface area (Å²) in [7, 11) is 0. The van der Waals surface area contributed by atoms with Crippen molar-refractivity contribution in [3.8, 4) is 6.07 Å². The van der Waals surface area contributed by atoms with E-state index >= 15 is 0 Å². The van der Waals surface area contributed by atoms with Gasteiger partial charge in [0, 0.05) is 17.9 Å². The first-order valence-corrected chi connectivity index (χ1v) is 7.42. The van der Waals surface area contributed by atoms with Crippen LogP contribution in [0.1, 0.15) is 43.9 Å². The Kier molecular flexibility index (Phi) is 3.24. The van der Waals surface area contributed by atoms with Gasteiger partial charge in [-0.1, -0.05) is 26.0 Å². The second kappa shape index (κ2) is 4.72. The molecule has 120 valence electrons. The molecule has 0 bridgehead atoms. The number of ketones is 1. The number of carbonyl (C=O) groups excluding carboxylic acids is 1. The molecule has 1 atom stereocenters. The van der Waals surface area contributed by atoms with Gasteiger partial charge in [-0.05, 0) is 29.7 Å². The molecule has 3 nitrogen and oxygen atoms in total. The molecule has 1 aromatic rings. The smallest absolute Gasteiger partial charge is 0.270 e. The van der Waals surface area contributed by atoms with Gasteiger partial charge in [0.2, 0.25) is 0 Å². The number of allylic oxidation sites excluding steroid dienone is 1. The molecule has 1 aliphatic heterocycles. The molecule has 1 spiro atoms. The Morgan fingerprint density at radius 2 is 2.04 bits per heavy atom. The van der Waals surface area contributed by atoms with Gasteiger partial charge in [-0.3, -0.25) is 4.79 Å². The molecule has 0 fully saturated rings. The van der Waals surface area contributed by atoms with E-state index in [1.165, 1.54) is 12.1 Å². The second-order valence-corrected chi connectivity index (χ2v) is 7.00. The lowest BCUT2D eigenvalue weighted by molar-refractivity contribution is -0.129. The Morgan fingerprint density at radius 1 is 1.35 bits per heavy atom. The molecule has 3 rings (SSSR count). The minimum Gasteiger partial charge on any atom is -0.361 e. The summed E-state index contributed by atoms with van der Waals surface area (Å²) >= 11 is 0. The highest BCUT2D eigenvalue weighted by atomic mass is 19.3. The van der Waals surface area contributed by atoms with Crippen molar-refractivity contribution < 1.29 is 18.3 Å². The van der Waals surface area contributed by atoms with Gasteiger partial charge < -0.3 is 4.74 Å². The number of hydrogen-bond acceptors (Lipinski definition) is 3. The predicted molar refractivity (Wildman–Crippen MR) is 79.6 cm³/mol. The summed E-state index contributed by atoms with van der Waals surface area (Å²) in [5, 5.41) is 9.24. The topological polar surface area (TPSA) is 50.1 Å². The normalized spacial score (nSPS) is 25.9. The Balaban J connectivity index is 2.14. The van der Waals surface area contributed by atoms with Crippen LogP contribution in [0.4, 0.5) is 8.78 Å². The maximum Gasteiger partial charge on any atom is 0.270 e. The Labute approximate surface area is 133 Å². The molecule has 1 aromatic carbocycles. The molecule has 0 radical (unpaired) electrons. The summed E-state index contributed by atoms with van der Waals surface area (Å²) in [6.45, 7) is 4.60. The van der Waals surface area contributed by atoms with Crippen molar-refractivity contribution in [2.45, 2.75) is 45.3 Å². The van der Waals surface area contributed by atoms with Crippen molar-refractivity contribution in [2.75, 3.05) is 0 Å². The number of carbonyl (C=O) groups is 1. The number of halogens is 2.